The Balaban J connectivity index is 1.69. The zero-order valence-corrected chi connectivity index (χ0v) is 13.4. The molecular weight excluding hydrogens is 310 g/mol. The van der Waals surface area contributed by atoms with Crippen molar-refractivity contribution in [2.45, 2.75) is 32.3 Å². The molecule has 2 heterocycles. The molecule has 1 aliphatic rings. The molecule has 0 atom stereocenters. The summed E-state index contributed by atoms with van der Waals surface area (Å²) in [6, 6.07) is 5.60. The van der Waals surface area contributed by atoms with Crippen LogP contribution in [0.3, 0.4) is 0 Å². The van der Waals surface area contributed by atoms with E-state index >= 15 is 0 Å². The van der Waals surface area contributed by atoms with Gasteiger partial charge in [-0.1, -0.05) is 23.3 Å². The second-order valence-corrected chi connectivity index (χ2v) is 5.90. The number of ether oxygens (including phenoxy) is 1. The fourth-order valence-electron chi connectivity index (χ4n) is 2.54. The van der Waals surface area contributed by atoms with Crippen LogP contribution < -0.4 is 10.4 Å². The van der Waals surface area contributed by atoms with Gasteiger partial charge in [0, 0.05) is 13.0 Å². The van der Waals surface area contributed by atoms with Crippen LogP contribution >= 0.6 is 0 Å². The zero-order chi connectivity index (χ0) is 17.6. The van der Waals surface area contributed by atoms with Crippen LogP contribution in [0.2, 0.25) is 0 Å². The van der Waals surface area contributed by atoms with E-state index in [1.54, 1.807) is 18.2 Å². The summed E-state index contributed by atoms with van der Waals surface area (Å²) in [5.41, 5.74) is 1.18. The van der Waals surface area contributed by atoms with Crippen LogP contribution in [0.15, 0.2) is 33.6 Å². The van der Waals surface area contributed by atoms with Crippen LogP contribution in [0.5, 0.6) is 5.75 Å². The van der Waals surface area contributed by atoms with E-state index in [1.807, 2.05) is 6.92 Å². The van der Waals surface area contributed by atoms with Crippen LogP contribution in [-0.4, -0.2) is 24.9 Å². The van der Waals surface area contributed by atoms with E-state index in [4.69, 9.17) is 10.6 Å². The average molecular weight is 329 g/mol. The van der Waals surface area contributed by atoms with Gasteiger partial charge in [-0.25, -0.2) is 4.79 Å². The lowest BCUT2D eigenvalue weighted by Crippen LogP contribution is -2.23. The number of aromatic nitrogens is 5. The normalized spacial score (nSPS) is 14.7. The van der Waals surface area contributed by atoms with Crippen molar-refractivity contribution in [1.82, 2.24) is 24.9 Å². The van der Waals surface area contributed by atoms with Gasteiger partial charge in [0.25, 0.3) is 0 Å². The highest BCUT2D eigenvalue weighted by atomic mass is 16.5. The molecule has 24 heavy (non-hydrogen) atoms. The average Bonchev–Trinajstić information content (AvgIpc) is 3.27. The van der Waals surface area contributed by atoms with Gasteiger partial charge < -0.3 is 9.26 Å². The maximum absolute atomic E-state index is 12.1. The standard InChI is InChI=1S/C16H17N5O3/c1-10-5-3-4-6-13(10)23-9-12-14(11-7-8-11)24-17-15(12)21-16(22)20(2)18-19-21/h3-6,11H,7-9H2,1-2H3/i3T. The van der Waals surface area contributed by atoms with Crippen molar-refractivity contribution in [2.75, 3.05) is 0 Å². The Bertz CT molecular complexity index is 986. The molecule has 1 aliphatic carbocycles. The molecule has 1 saturated carbocycles. The molecule has 3 aromatic rings. The molecule has 8 nitrogen and oxygen atoms in total. The molecule has 0 radical (unpaired) electrons. The minimum absolute atomic E-state index is 0.200. The van der Waals surface area contributed by atoms with Crippen molar-refractivity contribution in [3.05, 3.63) is 51.6 Å². The lowest BCUT2D eigenvalue weighted by atomic mass is 10.2. The molecule has 0 bridgehead atoms. The van der Waals surface area contributed by atoms with Gasteiger partial charge in [-0.3, -0.25) is 0 Å². The Morgan fingerprint density at radius 2 is 2.25 bits per heavy atom. The van der Waals surface area contributed by atoms with Gasteiger partial charge in [0.1, 0.15) is 18.1 Å². The van der Waals surface area contributed by atoms with Crippen LogP contribution in [0.4, 0.5) is 0 Å². The van der Waals surface area contributed by atoms with Crippen molar-refractivity contribution in [2.24, 2.45) is 7.05 Å². The lowest BCUT2D eigenvalue weighted by molar-refractivity contribution is 0.298. The van der Waals surface area contributed by atoms with E-state index < -0.39 is 5.69 Å². The highest BCUT2D eigenvalue weighted by Gasteiger charge is 2.33. The molecule has 0 N–H and O–H groups in total. The van der Waals surface area contributed by atoms with Gasteiger partial charge in [0.2, 0.25) is 5.82 Å². The third kappa shape index (κ3) is 2.49. The highest BCUT2D eigenvalue weighted by Crippen LogP contribution is 2.43. The Hall–Kier alpha value is -2.90. The van der Waals surface area contributed by atoms with Crippen molar-refractivity contribution in [3.63, 3.8) is 0 Å². The van der Waals surface area contributed by atoms with E-state index in [1.165, 1.54) is 7.05 Å². The van der Waals surface area contributed by atoms with Crippen LogP contribution in [0.1, 0.15) is 37.0 Å². The molecule has 0 unspecified atom stereocenters. The summed E-state index contributed by atoms with van der Waals surface area (Å²) in [5, 5.41) is 11.6. The molecule has 1 aromatic carbocycles. The van der Waals surface area contributed by atoms with Gasteiger partial charge in [0.05, 0.1) is 6.93 Å². The Kier molecular flexibility index (Phi) is 3.17. The number of hydrogen-bond donors (Lipinski definition) is 0. The monoisotopic (exact) mass is 329 g/mol. The van der Waals surface area contributed by atoms with Crippen LogP contribution in [0, 0.1) is 6.92 Å². The summed E-state index contributed by atoms with van der Waals surface area (Å²) >= 11 is 0. The van der Waals surface area contributed by atoms with Gasteiger partial charge in [-0.2, -0.15) is 4.68 Å². The summed E-state index contributed by atoms with van der Waals surface area (Å²) in [5.74, 6) is 2.04. The fourth-order valence-corrected chi connectivity index (χ4v) is 2.54. The number of hydrogen-bond acceptors (Lipinski definition) is 6. The molecule has 1 fully saturated rings. The van der Waals surface area contributed by atoms with Gasteiger partial charge in [-0.05, 0) is 41.8 Å². The Morgan fingerprint density at radius 1 is 1.42 bits per heavy atom. The third-order valence-corrected chi connectivity index (χ3v) is 4.06. The first-order valence-electron chi connectivity index (χ1n) is 8.22. The van der Waals surface area contributed by atoms with E-state index in [9.17, 15) is 4.79 Å². The molecule has 124 valence electrons. The topological polar surface area (TPSA) is 88.0 Å². The first-order chi connectivity index (χ1) is 12.0. The van der Waals surface area contributed by atoms with Crippen molar-refractivity contribution in [3.8, 4) is 11.6 Å². The first-order valence-corrected chi connectivity index (χ1v) is 7.72. The number of aryl methyl sites for hydroxylation is 2. The highest BCUT2D eigenvalue weighted by molar-refractivity contribution is 5.38. The van der Waals surface area contributed by atoms with Crippen molar-refractivity contribution >= 4 is 0 Å². The predicted molar refractivity (Wildman–Crippen MR) is 84.1 cm³/mol. The van der Waals surface area contributed by atoms with E-state index in [0.29, 0.717) is 29.1 Å². The number of benzene rings is 1. The van der Waals surface area contributed by atoms with E-state index in [2.05, 4.69) is 15.6 Å². The number of tetrazole rings is 1. The Morgan fingerprint density at radius 3 is 2.92 bits per heavy atom. The molecule has 0 amide bonds. The number of nitrogens with zero attached hydrogens (tertiary/aromatic N) is 5. The summed E-state index contributed by atoms with van der Waals surface area (Å²) in [4.78, 5) is 12.1. The smallest absolute Gasteiger partial charge is 0.369 e. The largest absolute Gasteiger partial charge is 0.488 e. The molecular formula is C16H17N5O3. The minimum Gasteiger partial charge on any atom is -0.488 e. The predicted octanol–water partition coefficient (Wildman–Crippen LogP) is 1.72. The van der Waals surface area contributed by atoms with E-state index in [0.717, 1.165) is 33.5 Å². The first kappa shape index (κ1) is 13.5. The molecule has 2 aromatic heterocycles. The Labute approximate surface area is 139 Å². The number of rotatable bonds is 5. The van der Waals surface area contributed by atoms with Crippen LogP contribution in [0.25, 0.3) is 5.82 Å². The zero-order valence-electron chi connectivity index (χ0n) is 14.4. The molecule has 0 saturated heterocycles. The van der Waals surface area contributed by atoms with E-state index in [-0.39, 0.29) is 6.61 Å². The van der Waals surface area contributed by atoms with Gasteiger partial charge >= 0.3 is 5.69 Å². The summed E-state index contributed by atoms with van der Waals surface area (Å²) in [6.07, 6.45) is 2.06. The minimum atomic E-state index is -0.397. The quantitative estimate of drug-likeness (QED) is 0.708. The second kappa shape index (κ2) is 5.63. The van der Waals surface area contributed by atoms with Crippen LogP contribution in [-0.2, 0) is 13.7 Å². The maximum Gasteiger partial charge on any atom is 0.369 e. The van der Waals surface area contributed by atoms with Gasteiger partial charge in [-0.15, -0.1) is 4.68 Å². The molecule has 8 heteroatoms. The third-order valence-electron chi connectivity index (χ3n) is 4.06. The lowest BCUT2D eigenvalue weighted by Gasteiger charge is -2.09. The van der Waals surface area contributed by atoms with Crippen molar-refractivity contribution in [1.29, 1.82) is 0 Å². The molecule has 0 spiro atoms. The molecule has 4 rings (SSSR count). The fraction of sp³-hybridized carbons (Fsp3) is 0.375. The van der Waals surface area contributed by atoms with Gasteiger partial charge in [0.15, 0.2) is 0 Å². The molecule has 0 aliphatic heterocycles. The summed E-state index contributed by atoms with van der Waals surface area (Å²) in [6.45, 7) is 2.09. The SMILES string of the molecule is [3H]c1ccc(OCc2c(-n3nnn(C)c3=O)noc2C2CC2)c(C)c1. The van der Waals surface area contributed by atoms with Crippen molar-refractivity contribution < 1.29 is 10.6 Å². The number of para-hydroxylation sites is 1. The maximum atomic E-state index is 12.1. The summed E-state index contributed by atoms with van der Waals surface area (Å²) in [7, 11) is 1.52. The summed E-state index contributed by atoms with van der Waals surface area (Å²) < 4.78 is 21.3. The second-order valence-electron chi connectivity index (χ2n) is 5.90.